The molecule has 15 heavy (non-hydrogen) atoms. The number of ether oxygens (including phenoxy) is 1. The largest absolute Gasteiger partial charge is 0.381 e. The Balaban J connectivity index is 3.36. The normalized spacial score (nSPS) is 12.1. The lowest BCUT2D eigenvalue weighted by Crippen LogP contribution is -2.20. The highest BCUT2D eigenvalue weighted by Gasteiger charge is 2.19. The molecular weight excluding hydrogens is 188 g/mol. The molecule has 2 nitrogen and oxygen atoms in total. The average molecular weight is 214 g/mol. The van der Waals surface area contributed by atoms with Crippen LogP contribution in [0.25, 0.3) is 0 Å². The molecule has 0 amide bonds. The summed E-state index contributed by atoms with van der Waals surface area (Å²) >= 11 is 0. The summed E-state index contributed by atoms with van der Waals surface area (Å²) in [4.78, 5) is 11.5. The first-order valence-electron chi connectivity index (χ1n) is 5.95. The van der Waals surface area contributed by atoms with E-state index in [0.717, 1.165) is 19.4 Å². The van der Waals surface area contributed by atoms with Gasteiger partial charge in [-0.25, -0.2) is 0 Å². The Morgan fingerprint density at radius 2 is 1.80 bits per heavy atom. The molecule has 0 unspecified atom stereocenters. The Morgan fingerprint density at radius 1 is 1.20 bits per heavy atom. The minimum absolute atomic E-state index is 0.196. The van der Waals surface area contributed by atoms with Crippen molar-refractivity contribution >= 4 is 5.78 Å². The Hall–Kier alpha value is -0.370. The van der Waals surface area contributed by atoms with E-state index in [2.05, 4.69) is 13.8 Å². The fourth-order valence-electron chi connectivity index (χ4n) is 1.13. The minimum atomic E-state index is -0.196. The van der Waals surface area contributed by atoms with E-state index in [4.69, 9.17) is 4.74 Å². The zero-order chi connectivity index (χ0) is 11.9. The molecule has 0 saturated carbocycles. The SMILES string of the molecule is CC(C)CCOCCCC(=O)C(C)(C)C. The average Bonchev–Trinajstić information content (AvgIpc) is 2.08. The molecule has 0 saturated heterocycles. The van der Waals surface area contributed by atoms with Gasteiger partial charge in [-0.2, -0.15) is 0 Å². The molecule has 0 radical (unpaired) electrons. The summed E-state index contributed by atoms with van der Waals surface area (Å²) in [7, 11) is 0. The molecule has 0 rings (SSSR count). The molecule has 0 aliphatic heterocycles. The third kappa shape index (κ3) is 8.61. The lowest BCUT2D eigenvalue weighted by molar-refractivity contribution is -0.126. The van der Waals surface area contributed by atoms with Crippen molar-refractivity contribution < 1.29 is 9.53 Å². The summed E-state index contributed by atoms with van der Waals surface area (Å²) in [5.41, 5.74) is -0.196. The zero-order valence-corrected chi connectivity index (χ0v) is 10.9. The van der Waals surface area contributed by atoms with Crippen LogP contribution in [-0.4, -0.2) is 19.0 Å². The van der Waals surface area contributed by atoms with Crippen LogP contribution in [0.15, 0.2) is 0 Å². The molecule has 0 bridgehead atoms. The molecule has 0 aliphatic rings. The van der Waals surface area contributed by atoms with E-state index in [0.29, 0.717) is 24.7 Å². The van der Waals surface area contributed by atoms with E-state index in [1.165, 1.54) is 0 Å². The molecule has 90 valence electrons. The van der Waals surface area contributed by atoms with Crippen LogP contribution >= 0.6 is 0 Å². The second-order valence-electron chi connectivity index (χ2n) is 5.57. The molecule has 2 heteroatoms. The van der Waals surface area contributed by atoms with Gasteiger partial charge in [-0.1, -0.05) is 34.6 Å². The van der Waals surface area contributed by atoms with Crippen molar-refractivity contribution in [1.82, 2.24) is 0 Å². The summed E-state index contributed by atoms with van der Waals surface area (Å²) in [5, 5.41) is 0. The van der Waals surface area contributed by atoms with Crippen molar-refractivity contribution in [3.05, 3.63) is 0 Å². The Bertz CT molecular complexity index is 177. The lowest BCUT2D eigenvalue weighted by Gasteiger charge is -2.16. The standard InChI is InChI=1S/C13H26O2/c1-11(2)8-10-15-9-6-7-12(14)13(3,4)5/h11H,6-10H2,1-5H3. The molecule has 0 aromatic rings. The lowest BCUT2D eigenvalue weighted by atomic mass is 9.88. The third-order valence-corrected chi connectivity index (χ3v) is 2.37. The van der Waals surface area contributed by atoms with Gasteiger partial charge >= 0.3 is 0 Å². The van der Waals surface area contributed by atoms with Crippen LogP contribution in [-0.2, 0) is 9.53 Å². The van der Waals surface area contributed by atoms with Crippen LogP contribution in [0.3, 0.4) is 0 Å². The fourth-order valence-corrected chi connectivity index (χ4v) is 1.13. The first kappa shape index (κ1) is 14.6. The maximum atomic E-state index is 11.5. The minimum Gasteiger partial charge on any atom is -0.381 e. The van der Waals surface area contributed by atoms with E-state index < -0.39 is 0 Å². The van der Waals surface area contributed by atoms with Crippen LogP contribution in [0.4, 0.5) is 0 Å². The van der Waals surface area contributed by atoms with E-state index >= 15 is 0 Å². The maximum Gasteiger partial charge on any atom is 0.138 e. The highest BCUT2D eigenvalue weighted by Crippen LogP contribution is 2.17. The molecule has 0 aliphatic carbocycles. The number of rotatable bonds is 7. The van der Waals surface area contributed by atoms with Gasteiger partial charge in [0.2, 0.25) is 0 Å². The summed E-state index contributed by atoms with van der Waals surface area (Å²) in [6, 6.07) is 0. The number of hydrogen-bond acceptors (Lipinski definition) is 2. The summed E-state index contributed by atoms with van der Waals surface area (Å²) in [6.45, 7) is 11.8. The molecule has 0 fully saturated rings. The van der Waals surface area contributed by atoms with Gasteiger partial charge in [0.15, 0.2) is 0 Å². The van der Waals surface area contributed by atoms with Crippen LogP contribution in [0.2, 0.25) is 0 Å². The summed E-state index contributed by atoms with van der Waals surface area (Å²) < 4.78 is 5.46. The Labute approximate surface area is 94.4 Å². The molecular formula is C13H26O2. The number of hydrogen-bond donors (Lipinski definition) is 0. The Kier molecular flexibility index (Phi) is 6.82. The maximum absolute atomic E-state index is 11.5. The van der Waals surface area contributed by atoms with E-state index in [-0.39, 0.29) is 5.41 Å². The topological polar surface area (TPSA) is 26.3 Å². The molecule has 0 spiro atoms. The second kappa shape index (κ2) is 7.00. The van der Waals surface area contributed by atoms with Gasteiger partial charge in [0.1, 0.15) is 5.78 Å². The van der Waals surface area contributed by atoms with Crippen LogP contribution in [0.1, 0.15) is 53.9 Å². The zero-order valence-electron chi connectivity index (χ0n) is 10.9. The number of carbonyl (C=O) groups is 1. The highest BCUT2D eigenvalue weighted by atomic mass is 16.5. The molecule has 0 heterocycles. The number of carbonyl (C=O) groups excluding carboxylic acids is 1. The van der Waals surface area contributed by atoms with Crippen molar-refractivity contribution in [2.75, 3.05) is 13.2 Å². The van der Waals surface area contributed by atoms with Gasteiger partial charge in [-0.15, -0.1) is 0 Å². The van der Waals surface area contributed by atoms with E-state index in [1.54, 1.807) is 0 Å². The van der Waals surface area contributed by atoms with Gasteiger partial charge < -0.3 is 4.74 Å². The van der Waals surface area contributed by atoms with Gasteiger partial charge in [0, 0.05) is 25.0 Å². The molecule has 0 aromatic carbocycles. The van der Waals surface area contributed by atoms with Crippen LogP contribution in [0, 0.1) is 11.3 Å². The first-order valence-corrected chi connectivity index (χ1v) is 5.95. The van der Waals surface area contributed by atoms with Gasteiger partial charge in [-0.05, 0) is 18.8 Å². The number of Topliss-reactive ketones (excluding diaryl/α,β-unsaturated/α-hetero) is 1. The van der Waals surface area contributed by atoms with Gasteiger partial charge in [-0.3, -0.25) is 4.79 Å². The van der Waals surface area contributed by atoms with Crippen LogP contribution in [0.5, 0.6) is 0 Å². The van der Waals surface area contributed by atoms with Gasteiger partial charge in [0.05, 0.1) is 0 Å². The molecule has 0 aromatic heterocycles. The monoisotopic (exact) mass is 214 g/mol. The highest BCUT2D eigenvalue weighted by molar-refractivity contribution is 5.83. The number of ketones is 1. The Morgan fingerprint density at radius 3 is 2.27 bits per heavy atom. The van der Waals surface area contributed by atoms with Crippen molar-refractivity contribution in [2.45, 2.75) is 53.9 Å². The van der Waals surface area contributed by atoms with Crippen molar-refractivity contribution in [3.63, 3.8) is 0 Å². The predicted octanol–water partition coefficient (Wildman–Crippen LogP) is 3.44. The van der Waals surface area contributed by atoms with E-state index in [1.807, 2.05) is 20.8 Å². The quantitative estimate of drug-likeness (QED) is 0.607. The third-order valence-electron chi connectivity index (χ3n) is 2.37. The summed E-state index contributed by atoms with van der Waals surface area (Å²) in [5.74, 6) is 1.02. The van der Waals surface area contributed by atoms with Crippen molar-refractivity contribution in [1.29, 1.82) is 0 Å². The van der Waals surface area contributed by atoms with Crippen molar-refractivity contribution in [3.8, 4) is 0 Å². The summed E-state index contributed by atoms with van der Waals surface area (Å²) in [6.07, 6.45) is 2.60. The van der Waals surface area contributed by atoms with E-state index in [9.17, 15) is 4.79 Å². The molecule has 0 atom stereocenters. The first-order chi connectivity index (χ1) is 6.84. The fraction of sp³-hybridized carbons (Fsp3) is 0.923. The van der Waals surface area contributed by atoms with Crippen LogP contribution < -0.4 is 0 Å². The van der Waals surface area contributed by atoms with Crippen molar-refractivity contribution in [2.24, 2.45) is 11.3 Å². The predicted molar refractivity (Wildman–Crippen MR) is 64.0 cm³/mol. The molecule has 0 N–H and O–H groups in total. The second-order valence-corrected chi connectivity index (χ2v) is 5.57. The smallest absolute Gasteiger partial charge is 0.138 e. The van der Waals surface area contributed by atoms with Gasteiger partial charge in [0.25, 0.3) is 0 Å².